The molecule has 0 aliphatic heterocycles. The summed E-state index contributed by atoms with van der Waals surface area (Å²) in [6.45, 7) is 4.77. The van der Waals surface area contributed by atoms with Crippen molar-refractivity contribution in [1.82, 2.24) is 4.98 Å². The Morgan fingerprint density at radius 1 is 0.474 bits per heavy atom. The van der Waals surface area contributed by atoms with Gasteiger partial charge in [0.15, 0.2) is 0 Å². The first-order valence-electron chi connectivity index (χ1n) is 19.1. The van der Waals surface area contributed by atoms with Gasteiger partial charge in [-0.1, -0.05) is 164 Å². The molecule has 4 heteroatoms. The molecule has 2 nitrogen and oxygen atoms in total. The summed E-state index contributed by atoms with van der Waals surface area (Å²) in [6.07, 6.45) is 1.91. The van der Waals surface area contributed by atoms with Crippen LogP contribution in [0.1, 0.15) is 47.2 Å². The topological polar surface area (TPSA) is 30.0 Å². The van der Waals surface area contributed by atoms with Gasteiger partial charge in [-0.05, 0) is 51.7 Å². The minimum Gasteiger partial charge on any atom is -0.311 e. The third kappa shape index (κ3) is 5.64. The molecule has 277 valence electrons. The van der Waals surface area contributed by atoms with E-state index < -0.39 is 7.14 Å². The Bertz CT molecular complexity index is 2900. The molecule has 9 aromatic rings. The molecule has 0 fully saturated rings. The van der Waals surface area contributed by atoms with Crippen molar-refractivity contribution < 1.29 is 24.7 Å². The van der Waals surface area contributed by atoms with Crippen LogP contribution < -0.4 is 15.9 Å². The van der Waals surface area contributed by atoms with Crippen LogP contribution >= 0.6 is 7.14 Å². The molecule has 0 amide bonds. The molecule has 12 rings (SSSR count). The van der Waals surface area contributed by atoms with Crippen molar-refractivity contribution in [3.05, 3.63) is 240 Å². The first-order chi connectivity index (χ1) is 27.4. The fraction of sp³-hybridized carbons (Fsp3) is 0.0755. The average molecular weight is 928 g/mol. The van der Waals surface area contributed by atoms with Gasteiger partial charge in [-0.25, -0.2) is 0 Å². The molecular weight excluding hydrogens is 890 g/mol. The fourth-order valence-corrected chi connectivity index (χ4v) is 12.0. The minimum absolute atomic E-state index is 0. The van der Waals surface area contributed by atoms with Crippen LogP contribution in [0, 0.1) is 12.1 Å². The zero-order chi connectivity index (χ0) is 37.9. The van der Waals surface area contributed by atoms with E-state index in [1.165, 1.54) is 44.2 Å². The third-order valence-corrected chi connectivity index (χ3v) is 15.2. The Labute approximate surface area is 348 Å². The normalized spacial score (nSPS) is 17.4. The van der Waals surface area contributed by atoms with E-state index in [9.17, 15) is 4.57 Å². The molecule has 0 unspecified atom stereocenters. The summed E-state index contributed by atoms with van der Waals surface area (Å²) in [5.41, 5.74) is 10.1. The second-order valence-electron chi connectivity index (χ2n) is 15.1. The van der Waals surface area contributed by atoms with Crippen molar-refractivity contribution in [2.45, 2.75) is 24.7 Å². The van der Waals surface area contributed by atoms with Gasteiger partial charge in [0.2, 0.25) is 0 Å². The summed E-state index contributed by atoms with van der Waals surface area (Å²) < 4.78 is 14.2. The molecular formula is C53H38IrNOP-2. The molecule has 3 aliphatic carbocycles. The summed E-state index contributed by atoms with van der Waals surface area (Å²) in [4.78, 5) is 4.79. The van der Waals surface area contributed by atoms with Crippen LogP contribution in [0.15, 0.2) is 194 Å². The summed E-state index contributed by atoms with van der Waals surface area (Å²) in [5.74, 6) is 0. The number of pyridine rings is 1. The molecule has 57 heavy (non-hydrogen) atoms. The third-order valence-electron chi connectivity index (χ3n) is 12.2. The van der Waals surface area contributed by atoms with E-state index in [0.29, 0.717) is 0 Å². The van der Waals surface area contributed by atoms with E-state index in [-0.39, 0.29) is 30.9 Å². The molecule has 2 bridgehead atoms. The first-order valence-corrected chi connectivity index (χ1v) is 20.9. The van der Waals surface area contributed by atoms with Gasteiger partial charge in [0.05, 0.1) is 0 Å². The largest absolute Gasteiger partial charge is 0.311 e. The number of nitrogens with zero attached hydrogens (tertiary/aromatic N) is 1. The standard InChI is InChI=1S/C31H22N.C22H16OP.Ir/c1-30-23-11-5-7-13-25(23)31(2,26-14-8-6-12-24(26)30)28-19-21(15-16-27(28)30)29-22-10-4-3-9-20(22)17-18-32-29;23-24(20-11-3-1-4-12-20,21-13-5-2-6-14-21)22-16-15-18-9-7-8-10-19(18)17-22;/h3-14,16-19H,1-2H3;1-15,17H;/q2*-1;. The zero-order valence-corrected chi connectivity index (χ0v) is 34.9. The predicted octanol–water partition coefficient (Wildman–Crippen LogP) is 11.3. The van der Waals surface area contributed by atoms with Crippen LogP contribution in [-0.2, 0) is 35.5 Å². The van der Waals surface area contributed by atoms with Crippen molar-refractivity contribution in [1.29, 1.82) is 0 Å². The maximum atomic E-state index is 14.2. The minimum atomic E-state index is -2.94. The molecule has 1 heterocycles. The van der Waals surface area contributed by atoms with Crippen LogP contribution in [0.3, 0.4) is 0 Å². The van der Waals surface area contributed by atoms with E-state index in [1.807, 2.05) is 103 Å². The Morgan fingerprint density at radius 3 is 1.56 bits per heavy atom. The smallest absolute Gasteiger partial charge is 0.147 e. The molecule has 0 spiro atoms. The van der Waals surface area contributed by atoms with Crippen LogP contribution in [0.25, 0.3) is 32.8 Å². The van der Waals surface area contributed by atoms with Crippen molar-refractivity contribution >= 4 is 44.6 Å². The predicted molar refractivity (Wildman–Crippen MR) is 232 cm³/mol. The monoisotopic (exact) mass is 928 g/mol. The molecule has 0 atom stereocenters. The number of rotatable bonds is 4. The molecule has 0 saturated heterocycles. The van der Waals surface area contributed by atoms with E-state index in [2.05, 4.69) is 117 Å². The summed E-state index contributed by atoms with van der Waals surface area (Å²) in [6, 6.07) is 71.5. The molecule has 1 aromatic heterocycles. The maximum absolute atomic E-state index is 14.2. The van der Waals surface area contributed by atoms with Gasteiger partial charge in [0, 0.05) is 47.7 Å². The first kappa shape index (κ1) is 36.9. The number of fused-ring (bicyclic) bond motifs is 2. The Morgan fingerprint density at radius 2 is 0.965 bits per heavy atom. The van der Waals surface area contributed by atoms with Gasteiger partial charge < -0.3 is 9.55 Å². The molecule has 3 aliphatic rings. The van der Waals surface area contributed by atoms with E-state index in [4.69, 9.17) is 4.98 Å². The second-order valence-corrected chi connectivity index (χ2v) is 17.9. The number of benzene rings is 8. The number of hydrogen-bond acceptors (Lipinski definition) is 2. The zero-order valence-electron chi connectivity index (χ0n) is 31.6. The molecule has 1 radical (unpaired) electrons. The fourth-order valence-electron chi connectivity index (χ4n) is 9.37. The van der Waals surface area contributed by atoms with Gasteiger partial charge in [0.25, 0.3) is 0 Å². The summed E-state index contributed by atoms with van der Waals surface area (Å²) in [5, 5.41) is 6.99. The van der Waals surface area contributed by atoms with Crippen LogP contribution in [0.2, 0.25) is 0 Å². The second kappa shape index (κ2) is 14.4. The van der Waals surface area contributed by atoms with Crippen molar-refractivity contribution in [2.24, 2.45) is 0 Å². The Balaban J connectivity index is 0.000000152. The molecule has 0 saturated carbocycles. The van der Waals surface area contributed by atoms with Gasteiger partial charge in [-0.3, -0.25) is 0 Å². The van der Waals surface area contributed by atoms with Gasteiger partial charge in [-0.15, -0.1) is 51.7 Å². The summed E-state index contributed by atoms with van der Waals surface area (Å²) in [7, 11) is -2.94. The van der Waals surface area contributed by atoms with Crippen molar-refractivity contribution in [3.63, 3.8) is 0 Å². The molecule has 8 aromatic carbocycles. The molecule has 0 N–H and O–H groups in total. The number of aromatic nitrogens is 1. The average Bonchev–Trinajstić information content (AvgIpc) is 3.28. The van der Waals surface area contributed by atoms with E-state index in [1.54, 1.807) is 0 Å². The Kier molecular flexibility index (Phi) is 9.30. The van der Waals surface area contributed by atoms with Crippen LogP contribution in [-0.4, -0.2) is 4.98 Å². The van der Waals surface area contributed by atoms with Gasteiger partial charge >= 0.3 is 0 Å². The summed E-state index contributed by atoms with van der Waals surface area (Å²) >= 11 is 0. The van der Waals surface area contributed by atoms with E-state index >= 15 is 0 Å². The van der Waals surface area contributed by atoms with Crippen molar-refractivity contribution in [3.8, 4) is 11.3 Å². The van der Waals surface area contributed by atoms with Gasteiger partial charge in [0.1, 0.15) is 7.14 Å². The van der Waals surface area contributed by atoms with Gasteiger partial charge in [-0.2, -0.15) is 18.2 Å². The van der Waals surface area contributed by atoms with E-state index in [0.717, 1.165) is 37.9 Å². The SMILES string of the molecule is CC12c3c[c-]c(-c4nccc5ccccc45)cc3C(C)(c3ccccc31)c1ccccc12.O=P(c1[c-]cc2ccccc2c1)(c1ccccc1)c1ccccc1.[Ir]. The Hall–Kier alpha value is -5.69. The van der Waals surface area contributed by atoms with Crippen LogP contribution in [0.4, 0.5) is 0 Å². The van der Waals surface area contributed by atoms with Crippen molar-refractivity contribution in [2.75, 3.05) is 0 Å². The quantitative estimate of drug-likeness (QED) is 0.130. The van der Waals surface area contributed by atoms with Crippen LogP contribution in [0.5, 0.6) is 0 Å². The number of hydrogen-bond donors (Lipinski definition) is 0. The maximum Gasteiger partial charge on any atom is 0.147 e.